The van der Waals surface area contributed by atoms with E-state index in [1.54, 1.807) is 24.3 Å². The number of carbonyl (C=O) groups is 3. The smallest absolute Gasteiger partial charge is 0.326 e. The normalized spacial score (nSPS) is 21.6. The minimum atomic E-state index is -4.86. The SMILES string of the molecule is NCc1ccc(C(=O)NNC(=O)[C@@H]2CC[C@@H]3CN2C(=O)N3OS(=O)(=O)O)cc1. The molecule has 5 N–H and O–H groups in total. The predicted molar refractivity (Wildman–Crippen MR) is 93.3 cm³/mol. The van der Waals surface area contributed by atoms with Gasteiger partial charge < -0.3 is 10.6 Å². The van der Waals surface area contributed by atoms with E-state index in [1.807, 2.05) is 0 Å². The third-order valence-electron chi connectivity index (χ3n) is 4.55. The van der Waals surface area contributed by atoms with Crippen molar-refractivity contribution >= 4 is 28.2 Å². The maximum absolute atomic E-state index is 12.4. The molecule has 2 aliphatic heterocycles. The fourth-order valence-electron chi connectivity index (χ4n) is 3.17. The minimum Gasteiger partial charge on any atom is -0.326 e. The summed E-state index contributed by atoms with van der Waals surface area (Å²) < 4.78 is 34.8. The fraction of sp³-hybridized carbons (Fsp3) is 0.400. The highest BCUT2D eigenvalue weighted by Gasteiger charge is 2.49. The second-order valence-corrected chi connectivity index (χ2v) is 7.36. The molecule has 0 unspecified atom stereocenters. The summed E-state index contributed by atoms with van der Waals surface area (Å²) in [6.07, 6.45) is 0.513. The highest BCUT2D eigenvalue weighted by Crippen LogP contribution is 2.30. The second kappa shape index (κ2) is 7.71. The molecule has 1 aromatic rings. The molecule has 28 heavy (non-hydrogen) atoms. The average Bonchev–Trinajstić information content (AvgIpc) is 2.89. The van der Waals surface area contributed by atoms with Gasteiger partial charge in [-0.1, -0.05) is 12.1 Å². The van der Waals surface area contributed by atoms with Gasteiger partial charge in [-0.25, -0.2) is 4.79 Å². The molecule has 3 rings (SSSR count). The van der Waals surface area contributed by atoms with E-state index in [0.717, 1.165) is 10.5 Å². The molecule has 1 aromatic carbocycles. The van der Waals surface area contributed by atoms with Crippen molar-refractivity contribution in [3.63, 3.8) is 0 Å². The molecular formula is C15H19N5O7S. The molecule has 2 fully saturated rings. The maximum Gasteiger partial charge on any atom is 0.418 e. The summed E-state index contributed by atoms with van der Waals surface area (Å²) in [4.78, 5) is 37.9. The minimum absolute atomic E-state index is 0.0565. The van der Waals surface area contributed by atoms with Crippen molar-refractivity contribution in [2.24, 2.45) is 5.73 Å². The Morgan fingerprint density at radius 3 is 2.50 bits per heavy atom. The lowest BCUT2D eigenvalue weighted by molar-refractivity contribution is -0.126. The van der Waals surface area contributed by atoms with E-state index in [1.165, 1.54) is 0 Å². The summed E-state index contributed by atoms with van der Waals surface area (Å²) in [5.74, 6) is -1.18. The Morgan fingerprint density at radius 1 is 1.21 bits per heavy atom. The van der Waals surface area contributed by atoms with Gasteiger partial charge in [-0.3, -0.25) is 25.0 Å². The zero-order chi connectivity index (χ0) is 20.5. The molecule has 4 amide bonds. The molecular weight excluding hydrogens is 394 g/mol. The first-order valence-electron chi connectivity index (χ1n) is 8.35. The van der Waals surface area contributed by atoms with E-state index in [4.69, 9.17) is 10.3 Å². The number of benzene rings is 1. The molecule has 2 saturated heterocycles. The number of urea groups is 1. The summed E-state index contributed by atoms with van der Waals surface area (Å²) in [7, 11) is -4.86. The highest BCUT2D eigenvalue weighted by atomic mass is 32.3. The Hall–Kier alpha value is -2.74. The summed E-state index contributed by atoms with van der Waals surface area (Å²) in [5.41, 5.74) is 11.2. The standard InChI is InChI=1S/C15H19N5O7S/c16-7-9-1-3-10(4-2-9)13(21)17-18-14(22)12-6-5-11-8-19(12)15(23)20(11)27-28(24,25)26/h1-4,11-12H,5-8,16H2,(H,17,21)(H,18,22)(H,24,25,26)/t11-,12+/m1/s1. The summed E-state index contributed by atoms with van der Waals surface area (Å²) in [6, 6.07) is 4.11. The van der Waals surface area contributed by atoms with Crippen LogP contribution in [-0.2, 0) is 26.0 Å². The van der Waals surface area contributed by atoms with Crippen molar-refractivity contribution in [1.29, 1.82) is 0 Å². The van der Waals surface area contributed by atoms with Gasteiger partial charge in [0.1, 0.15) is 6.04 Å². The summed E-state index contributed by atoms with van der Waals surface area (Å²) in [6.45, 7) is 0.393. The van der Waals surface area contributed by atoms with Gasteiger partial charge in [0, 0.05) is 18.7 Å². The van der Waals surface area contributed by atoms with Crippen molar-refractivity contribution in [1.82, 2.24) is 20.8 Å². The fourth-order valence-corrected chi connectivity index (χ4v) is 3.56. The Morgan fingerprint density at radius 2 is 1.89 bits per heavy atom. The molecule has 12 nitrogen and oxygen atoms in total. The molecule has 2 bridgehead atoms. The van der Waals surface area contributed by atoms with Crippen LogP contribution in [-0.4, -0.2) is 59.4 Å². The summed E-state index contributed by atoms with van der Waals surface area (Å²) in [5, 5.41) is 0.542. The highest BCUT2D eigenvalue weighted by molar-refractivity contribution is 7.80. The zero-order valence-corrected chi connectivity index (χ0v) is 15.4. The lowest BCUT2D eigenvalue weighted by Gasteiger charge is -2.29. The molecule has 0 aliphatic carbocycles. The van der Waals surface area contributed by atoms with Crippen LogP contribution in [0, 0.1) is 0 Å². The van der Waals surface area contributed by atoms with Crippen molar-refractivity contribution < 1.29 is 31.6 Å². The van der Waals surface area contributed by atoms with E-state index >= 15 is 0 Å². The van der Waals surface area contributed by atoms with Gasteiger partial charge in [-0.05, 0) is 30.5 Å². The number of rotatable bonds is 5. The van der Waals surface area contributed by atoms with Crippen molar-refractivity contribution in [2.75, 3.05) is 6.54 Å². The van der Waals surface area contributed by atoms with Gasteiger partial charge in [0.25, 0.3) is 11.8 Å². The van der Waals surface area contributed by atoms with Crippen LogP contribution in [0.4, 0.5) is 4.79 Å². The van der Waals surface area contributed by atoms with Crippen LogP contribution in [0.5, 0.6) is 0 Å². The van der Waals surface area contributed by atoms with Crippen molar-refractivity contribution in [2.45, 2.75) is 31.5 Å². The quantitative estimate of drug-likeness (QED) is 0.348. The van der Waals surface area contributed by atoms with Crippen LogP contribution >= 0.6 is 0 Å². The van der Waals surface area contributed by atoms with E-state index in [-0.39, 0.29) is 19.4 Å². The van der Waals surface area contributed by atoms with Gasteiger partial charge in [0.05, 0.1) is 6.04 Å². The molecule has 2 atom stereocenters. The van der Waals surface area contributed by atoms with Gasteiger partial charge in [0.15, 0.2) is 0 Å². The van der Waals surface area contributed by atoms with Crippen LogP contribution in [0.15, 0.2) is 24.3 Å². The maximum atomic E-state index is 12.4. The molecule has 2 heterocycles. The number of amides is 4. The largest absolute Gasteiger partial charge is 0.418 e. The van der Waals surface area contributed by atoms with Crippen LogP contribution in [0.25, 0.3) is 0 Å². The molecule has 13 heteroatoms. The molecule has 0 saturated carbocycles. The number of piperidine rings is 1. The van der Waals surface area contributed by atoms with Crippen LogP contribution in [0.2, 0.25) is 0 Å². The number of nitrogens with zero attached hydrogens (tertiary/aromatic N) is 2. The summed E-state index contributed by atoms with van der Waals surface area (Å²) >= 11 is 0. The van der Waals surface area contributed by atoms with Crippen molar-refractivity contribution in [3.8, 4) is 0 Å². The predicted octanol–water partition coefficient (Wildman–Crippen LogP) is -1.09. The van der Waals surface area contributed by atoms with Gasteiger partial charge >= 0.3 is 16.4 Å². The second-order valence-electron chi connectivity index (χ2n) is 6.35. The van der Waals surface area contributed by atoms with Crippen LogP contribution in [0.3, 0.4) is 0 Å². The van der Waals surface area contributed by atoms with Crippen LogP contribution < -0.4 is 16.6 Å². The Balaban J connectivity index is 1.59. The molecule has 2 aliphatic rings. The van der Waals surface area contributed by atoms with E-state index in [9.17, 15) is 22.8 Å². The van der Waals surface area contributed by atoms with Gasteiger partial charge in [0.2, 0.25) is 0 Å². The monoisotopic (exact) mass is 413 g/mol. The number of carbonyl (C=O) groups excluding carboxylic acids is 3. The number of hydrogen-bond donors (Lipinski definition) is 4. The number of hydroxylamine groups is 2. The first-order valence-corrected chi connectivity index (χ1v) is 9.72. The Bertz CT molecular complexity index is 889. The molecule has 0 aromatic heterocycles. The molecule has 0 spiro atoms. The Kier molecular flexibility index (Phi) is 5.51. The number of hydrogen-bond acceptors (Lipinski definition) is 7. The first kappa shape index (κ1) is 20.0. The lowest BCUT2D eigenvalue weighted by atomic mass is 10.0. The topological polar surface area (TPSA) is 171 Å². The van der Waals surface area contributed by atoms with E-state index < -0.39 is 40.3 Å². The van der Waals surface area contributed by atoms with E-state index in [2.05, 4.69) is 15.1 Å². The van der Waals surface area contributed by atoms with E-state index in [0.29, 0.717) is 17.2 Å². The van der Waals surface area contributed by atoms with Crippen LogP contribution in [0.1, 0.15) is 28.8 Å². The number of nitrogens with two attached hydrogens (primary N) is 1. The molecule has 152 valence electrons. The number of hydrazine groups is 1. The number of fused-ring (bicyclic) bond motifs is 2. The van der Waals surface area contributed by atoms with Crippen molar-refractivity contribution in [3.05, 3.63) is 35.4 Å². The molecule has 0 radical (unpaired) electrons. The average molecular weight is 413 g/mol. The zero-order valence-electron chi connectivity index (χ0n) is 14.6. The third kappa shape index (κ3) is 4.22. The first-order chi connectivity index (χ1) is 13.2. The number of nitrogens with one attached hydrogen (secondary N) is 2. The lowest BCUT2D eigenvalue weighted by Crippen LogP contribution is -2.54. The van der Waals surface area contributed by atoms with Gasteiger partial charge in [-0.15, -0.1) is 4.28 Å². The van der Waals surface area contributed by atoms with Gasteiger partial charge in [-0.2, -0.15) is 13.5 Å². The Labute approximate surface area is 160 Å². The third-order valence-corrected chi connectivity index (χ3v) is 4.90.